The Hall–Kier alpha value is -0.810. The molecule has 0 aromatic carbocycles. The fourth-order valence-corrected chi connectivity index (χ4v) is 3.26. The van der Waals surface area contributed by atoms with E-state index in [1.165, 1.54) is 23.4 Å². The van der Waals surface area contributed by atoms with Crippen molar-refractivity contribution >= 4 is 17.7 Å². The molecule has 0 bridgehead atoms. The SMILES string of the molecule is c1nc(N2CCCNCC2)nc2c1CSCC2. The molecule has 0 spiro atoms. The number of nitrogens with one attached hydrogen (secondary N) is 1. The van der Waals surface area contributed by atoms with Crippen LogP contribution in [0.4, 0.5) is 5.95 Å². The Bertz CT molecular complexity index is 388. The number of nitrogens with zero attached hydrogens (tertiary/aromatic N) is 3. The predicted molar refractivity (Wildman–Crippen MR) is 71.6 cm³/mol. The van der Waals surface area contributed by atoms with Gasteiger partial charge < -0.3 is 10.2 Å². The molecular formula is C12H18N4S. The molecule has 0 aliphatic carbocycles. The van der Waals surface area contributed by atoms with Crippen LogP contribution in [0.2, 0.25) is 0 Å². The molecule has 0 amide bonds. The normalized spacial score (nSPS) is 20.8. The highest BCUT2D eigenvalue weighted by Crippen LogP contribution is 2.24. The Morgan fingerprint density at radius 2 is 2.29 bits per heavy atom. The zero-order valence-electron chi connectivity index (χ0n) is 9.98. The van der Waals surface area contributed by atoms with Gasteiger partial charge in [0.05, 0.1) is 5.69 Å². The summed E-state index contributed by atoms with van der Waals surface area (Å²) in [5.74, 6) is 3.21. The third kappa shape index (κ3) is 2.55. The largest absolute Gasteiger partial charge is 0.339 e. The van der Waals surface area contributed by atoms with E-state index in [0.717, 1.165) is 44.3 Å². The molecule has 1 aromatic rings. The minimum absolute atomic E-state index is 0.930. The van der Waals surface area contributed by atoms with Crippen molar-refractivity contribution < 1.29 is 0 Å². The maximum absolute atomic E-state index is 4.75. The van der Waals surface area contributed by atoms with Gasteiger partial charge in [-0.2, -0.15) is 11.8 Å². The molecular weight excluding hydrogens is 232 g/mol. The van der Waals surface area contributed by atoms with Gasteiger partial charge in [-0.05, 0) is 25.1 Å². The second-order valence-corrected chi connectivity index (χ2v) is 5.64. The molecule has 92 valence electrons. The molecule has 1 N–H and O–H groups in total. The van der Waals surface area contributed by atoms with E-state index in [-0.39, 0.29) is 0 Å². The lowest BCUT2D eigenvalue weighted by molar-refractivity contribution is 0.724. The van der Waals surface area contributed by atoms with Crippen molar-refractivity contribution in [2.45, 2.75) is 18.6 Å². The molecule has 4 nitrogen and oxygen atoms in total. The molecule has 3 heterocycles. The molecule has 3 rings (SSSR count). The van der Waals surface area contributed by atoms with Crippen LogP contribution < -0.4 is 10.2 Å². The Morgan fingerprint density at radius 3 is 3.29 bits per heavy atom. The molecule has 17 heavy (non-hydrogen) atoms. The van der Waals surface area contributed by atoms with Gasteiger partial charge in [-0.25, -0.2) is 9.97 Å². The smallest absolute Gasteiger partial charge is 0.225 e. The summed E-state index contributed by atoms with van der Waals surface area (Å²) in [5, 5.41) is 3.41. The van der Waals surface area contributed by atoms with E-state index in [1.54, 1.807) is 0 Å². The lowest BCUT2D eigenvalue weighted by Crippen LogP contribution is -2.30. The maximum atomic E-state index is 4.75. The van der Waals surface area contributed by atoms with Gasteiger partial charge in [0, 0.05) is 37.1 Å². The van der Waals surface area contributed by atoms with E-state index >= 15 is 0 Å². The van der Waals surface area contributed by atoms with Gasteiger partial charge in [0.1, 0.15) is 0 Å². The van der Waals surface area contributed by atoms with Gasteiger partial charge in [-0.1, -0.05) is 0 Å². The number of anilines is 1. The van der Waals surface area contributed by atoms with Gasteiger partial charge in [-0.15, -0.1) is 0 Å². The zero-order chi connectivity index (χ0) is 11.5. The van der Waals surface area contributed by atoms with Crippen molar-refractivity contribution in [3.8, 4) is 0 Å². The number of hydrogen-bond donors (Lipinski definition) is 1. The Labute approximate surface area is 106 Å². The van der Waals surface area contributed by atoms with E-state index in [4.69, 9.17) is 4.98 Å². The van der Waals surface area contributed by atoms with Crippen LogP contribution in [0.3, 0.4) is 0 Å². The topological polar surface area (TPSA) is 41.1 Å². The first-order valence-electron chi connectivity index (χ1n) is 6.32. The quantitative estimate of drug-likeness (QED) is 0.807. The minimum Gasteiger partial charge on any atom is -0.339 e. The molecule has 2 aliphatic rings. The van der Waals surface area contributed by atoms with E-state index in [2.05, 4.69) is 15.2 Å². The molecule has 1 aromatic heterocycles. The highest BCUT2D eigenvalue weighted by atomic mass is 32.2. The van der Waals surface area contributed by atoms with Crippen LogP contribution in [0, 0.1) is 0 Å². The molecule has 0 saturated carbocycles. The first kappa shape index (κ1) is 11.3. The van der Waals surface area contributed by atoms with Gasteiger partial charge in [-0.3, -0.25) is 0 Å². The van der Waals surface area contributed by atoms with Crippen molar-refractivity contribution in [2.24, 2.45) is 0 Å². The van der Waals surface area contributed by atoms with Crippen LogP contribution in [0.5, 0.6) is 0 Å². The predicted octanol–water partition coefficient (Wildman–Crippen LogP) is 1.07. The third-order valence-corrected chi connectivity index (χ3v) is 4.31. The summed E-state index contributed by atoms with van der Waals surface area (Å²) in [6, 6.07) is 0. The summed E-state index contributed by atoms with van der Waals surface area (Å²) in [6.45, 7) is 4.24. The van der Waals surface area contributed by atoms with Gasteiger partial charge in [0.2, 0.25) is 5.95 Å². The molecule has 1 saturated heterocycles. The van der Waals surface area contributed by atoms with E-state index in [1.807, 2.05) is 18.0 Å². The van der Waals surface area contributed by atoms with Crippen LogP contribution in [-0.2, 0) is 12.2 Å². The van der Waals surface area contributed by atoms with Crippen molar-refractivity contribution in [1.29, 1.82) is 0 Å². The van der Waals surface area contributed by atoms with Crippen LogP contribution in [0.15, 0.2) is 6.20 Å². The highest BCUT2D eigenvalue weighted by molar-refractivity contribution is 7.98. The van der Waals surface area contributed by atoms with E-state index in [9.17, 15) is 0 Å². The van der Waals surface area contributed by atoms with Gasteiger partial charge >= 0.3 is 0 Å². The average Bonchev–Trinajstić information content (AvgIpc) is 2.67. The first-order chi connectivity index (χ1) is 8.43. The fraction of sp³-hybridized carbons (Fsp3) is 0.667. The van der Waals surface area contributed by atoms with Crippen molar-refractivity contribution in [1.82, 2.24) is 15.3 Å². The standard InChI is InChI=1S/C12H18N4S/c1-3-13-4-6-16(5-1)12-14-8-10-9-17-7-2-11(10)15-12/h8,13H,1-7,9H2. The van der Waals surface area contributed by atoms with E-state index in [0.29, 0.717) is 0 Å². The summed E-state index contributed by atoms with van der Waals surface area (Å²) in [5.41, 5.74) is 2.60. The summed E-state index contributed by atoms with van der Waals surface area (Å²) in [4.78, 5) is 11.6. The Morgan fingerprint density at radius 1 is 1.29 bits per heavy atom. The molecule has 5 heteroatoms. The fourth-order valence-electron chi connectivity index (χ4n) is 2.32. The maximum Gasteiger partial charge on any atom is 0.225 e. The third-order valence-electron chi connectivity index (χ3n) is 3.31. The van der Waals surface area contributed by atoms with Crippen LogP contribution in [-0.4, -0.2) is 41.9 Å². The monoisotopic (exact) mass is 250 g/mol. The lowest BCUT2D eigenvalue weighted by atomic mass is 10.2. The van der Waals surface area contributed by atoms with Crippen molar-refractivity contribution in [2.75, 3.05) is 36.8 Å². The zero-order valence-corrected chi connectivity index (χ0v) is 10.8. The number of aryl methyl sites for hydroxylation is 1. The second kappa shape index (κ2) is 5.23. The summed E-state index contributed by atoms with van der Waals surface area (Å²) >= 11 is 1.98. The van der Waals surface area contributed by atoms with Crippen LogP contribution in [0.1, 0.15) is 17.7 Å². The lowest BCUT2D eigenvalue weighted by Gasteiger charge is -2.22. The Kier molecular flexibility index (Phi) is 3.47. The number of hydrogen-bond acceptors (Lipinski definition) is 5. The summed E-state index contributed by atoms with van der Waals surface area (Å²) < 4.78 is 0. The molecule has 0 atom stereocenters. The highest BCUT2D eigenvalue weighted by Gasteiger charge is 2.16. The summed E-state index contributed by atoms with van der Waals surface area (Å²) in [7, 11) is 0. The van der Waals surface area contributed by atoms with E-state index < -0.39 is 0 Å². The average molecular weight is 250 g/mol. The Balaban J connectivity index is 1.82. The number of fused-ring (bicyclic) bond motifs is 1. The van der Waals surface area contributed by atoms with Crippen molar-refractivity contribution in [3.05, 3.63) is 17.5 Å². The van der Waals surface area contributed by atoms with Crippen molar-refractivity contribution in [3.63, 3.8) is 0 Å². The molecule has 2 aliphatic heterocycles. The second-order valence-electron chi connectivity index (χ2n) is 4.54. The van der Waals surface area contributed by atoms with Gasteiger partial charge in [0.25, 0.3) is 0 Å². The number of thioether (sulfide) groups is 1. The number of aromatic nitrogens is 2. The molecule has 1 fully saturated rings. The van der Waals surface area contributed by atoms with Gasteiger partial charge in [0.15, 0.2) is 0 Å². The summed E-state index contributed by atoms with van der Waals surface area (Å²) in [6.07, 6.45) is 4.31. The minimum atomic E-state index is 0.930. The number of rotatable bonds is 1. The molecule has 0 radical (unpaired) electrons. The first-order valence-corrected chi connectivity index (χ1v) is 7.47. The molecule has 0 unspecified atom stereocenters. The van der Waals surface area contributed by atoms with Crippen LogP contribution >= 0.6 is 11.8 Å². The van der Waals surface area contributed by atoms with Crippen LogP contribution in [0.25, 0.3) is 0 Å².